The van der Waals surface area contributed by atoms with Gasteiger partial charge in [0, 0.05) is 29.1 Å². The van der Waals surface area contributed by atoms with Crippen molar-refractivity contribution >= 4 is 16.8 Å². The first-order valence-corrected chi connectivity index (χ1v) is 8.14. The lowest BCUT2D eigenvalue weighted by Crippen LogP contribution is -2.26. The summed E-state index contributed by atoms with van der Waals surface area (Å²) in [7, 11) is 3.09. The molecule has 3 aromatic rings. The van der Waals surface area contributed by atoms with E-state index in [9.17, 15) is 9.59 Å². The minimum Gasteiger partial charge on any atom is -0.493 e. The van der Waals surface area contributed by atoms with Crippen LogP contribution in [0.4, 0.5) is 0 Å². The molecule has 1 aromatic heterocycles. The van der Waals surface area contributed by atoms with Crippen molar-refractivity contribution in [2.24, 2.45) is 0 Å². The zero-order chi connectivity index (χ0) is 18.7. The van der Waals surface area contributed by atoms with Crippen LogP contribution in [0.5, 0.6) is 11.5 Å². The Morgan fingerprint density at radius 2 is 1.81 bits per heavy atom. The number of nitrogens with one attached hydrogen (secondary N) is 2. The van der Waals surface area contributed by atoms with Crippen LogP contribution < -0.4 is 20.3 Å². The van der Waals surface area contributed by atoms with Crippen molar-refractivity contribution in [3.8, 4) is 11.5 Å². The Balaban J connectivity index is 1.87. The van der Waals surface area contributed by atoms with Crippen LogP contribution in [0.2, 0.25) is 0 Å². The molecule has 1 heterocycles. The van der Waals surface area contributed by atoms with Crippen molar-refractivity contribution in [2.75, 3.05) is 14.2 Å². The summed E-state index contributed by atoms with van der Waals surface area (Å²) < 4.78 is 10.5. The third-order valence-corrected chi connectivity index (χ3v) is 4.14. The van der Waals surface area contributed by atoms with E-state index in [1.807, 2.05) is 19.1 Å². The highest BCUT2D eigenvalue weighted by molar-refractivity contribution is 5.94. The van der Waals surface area contributed by atoms with Crippen LogP contribution >= 0.6 is 0 Å². The van der Waals surface area contributed by atoms with Crippen LogP contribution in [-0.2, 0) is 6.54 Å². The quantitative estimate of drug-likeness (QED) is 0.740. The molecule has 3 rings (SSSR count). The van der Waals surface area contributed by atoms with Crippen LogP contribution in [0.15, 0.2) is 47.3 Å². The van der Waals surface area contributed by atoms with Gasteiger partial charge in [-0.3, -0.25) is 9.59 Å². The van der Waals surface area contributed by atoms with Gasteiger partial charge in [-0.15, -0.1) is 0 Å². The molecule has 2 N–H and O–H groups in total. The topological polar surface area (TPSA) is 80.4 Å². The van der Waals surface area contributed by atoms with Gasteiger partial charge in [-0.25, -0.2) is 0 Å². The fourth-order valence-corrected chi connectivity index (χ4v) is 2.77. The molecule has 0 aliphatic carbocycles. The number of aromatic amines is 1. The number of hydrogen-bond donors (Lipinski definition) is 2. The molecule has 0 saturated heterocycles. The number of hydrogen-bond acceptors (Lipinski definition) is 4. The van der Waals surface area contributed by atoms with E-state index < -0.39 is 0 Å². The lowest BCUT2D eigenvalue weighted by molar-refractivity contribution is 0.0950. The molecule has 0 unspecified atom stereocenters. The Bertz CT molecular complexity index is 1020. The molecule has 6 nitrogen and oxygen atoms in total. The van der Waals surface area contributed by atoms with Gasteiger partial charge in [0.15, 0.2) is 11.5 Å². The van der Waals surface area contributed by atoms with Crippen LogP contribution in [0.3, 0.4) is 0 Å². The standard InChI is InChI=1S/C20H20N2O4/c1-12-5-4-6-13(7-12)19(23)21-11-15-8-14-9-17(25-2)18(26-3)10-16(14)22-20(15)24/h4-10H,11H2,1-3H3,(H,21,23)(H,22,24). The molecule has 0 aliphatic rings. The first-order chi connectivity index (χ1) is 12.5. The van der Waals surface area contributed by atoms with Gasteiger partial charge in [0.05, 0.1) is 19.7 Å². The second-order valence-corrected chi connectivity index (χ2v) is 5.97. The second-order valence-electron chi connectivity index (χ2n) is 5.97. The Kier molecular flexibility index (Phi) is 4.93. The van der Waals surface area contributed by atoms with E-state index in [4.69, 9.17) is 9.47 Å². The summed E-state index contributed by atoms with van der Waals surface area (Å²) in [6.07, 6.45) is 0. The lowest BCUT2D eigenvalue weighted by atomic mass is 10.1. The largest absolute Gasteiger partial charge is 0.493 e. The highest BCUT2D eigenvalue weighted by Gasteiger charge is 2.11. The predicted molar refractivity (Wildman–Crippen MR) is 100 cm³/mol. The zero-order valence-corrected chi connectivity index (χ0v) is 14.9. The number of fused-ring (bicyclic) bond motifs is 1. The Morgan fingerprint density at radius 1 is 1.08 bits per heavy atom. The molecule has 0 radical (unpaired) electrons. The number of aromatic nitrogens is 1. The number of aryl methyl sites for hydroxylation is 1. The maximum atomic E-state index is 12.3. The lowest BCUT2D eigenvalue weighted by Gasteiger charge is -2.10. The van der Waals surface area contributed by atoms with E-state index >= 15 is 0 Å². The number of rotatable bonds is 5. The van der Waals surface area contributed by atoms with Gasteiger partial charge < -0.3 is 19.8 Å². The molecule has 26 heavy (non-hydrogen) atoms. The number of carbonyl (C=O) groups is 1. The monoisotopic (exact) mass is 352 g/mol. The average Bonchev–Trinajstić information content (AvgIpc) is 2.65. The Hall–Kier alpha value is -3.28. The minimum atomic E-state index is -0.255. The van der Waals surface area contributed by atoms with Crippen LogP contribution in [0.1, 0.15) is 21.5 Å². The summed E-state index contributed by atoms with van der Waals surface area (Å²) in [6.45, 7) is 2.05. The van der Waals surface area contributed by atoms with E-state index in [0.29, 0.717) is 28.1 Å². The highest BCUT2D eigenvalue weighted by atomic mass is 16.5. The molecule has 134 valence electrons. The van der Waals surface area contributed by atoms with Crippen LogP contribution in [0.25, 0.3) is 10.9 Å². The molecule has 0 spiro atoms. The maximum Gasteiger partial charge on any atom is 0.253 e. The van der Waals surface area contributed by atoms with Gasteiger partial charge in [-0.2, -0.15) is 0 Å². The summed E-state index contributed by atoms with van der Waals surface area (Å²) in [5.41, 5.74) is 2.41. The molecule has 0 bridgehead atoms. The van der Waals surface area contributed by atoms with Crippen LogP contribution in [0, 0.1) is 6.92 Å². The normalized spacial score (nSPS) is 10.6. The molecule has 2 aromatic carbocycles. The second kappa shape index (κ2) is 7.31. The van der Waals surface area contributed by atoms with Crippen LogP contribution in [-0.4, -0.2) is 25.1 Å². The van der Waals surface area contributed by atoms with Crippen molar-refractivity contribution in [1.82, 2.24) is 10.3 Å². The highest BCUT2D eigenvalue weighted by Crippen LogP contribution is 2.30. The number of benzene rings is 2. The van der Waals surface area contributed by atoms with E-state index in [-0.39, 0.29) is 18.0 Å². The molecule has 0 saturated carbocycles. The number of amides is 1. The van der Waals surface area contributed by atoms with Gasteiger partial charge in [-0.05, 0) is 31.2 Å². The molecular formula is C20H20N2O4. The van der Waals surface area contributed by atoms with Crippen molar-refractivity contribution in [1.29, 1.82) is 0 Å². The van der Waals surface area contributed by atoms with Gasteiger partial charge in [-0.1, -0.05) is 17.7 Å². The fourth-order valence-electron chi connectivity index (χ4n) is 2.77. The Morgan fingerprint density at radius 3 is 2.50 bits per heavy atom. The molecule has 0 aliphatic heterocycles. The number of H-pyrrole nitrogens is 1. The molecule has 0 fully saturated rings. The molecular weight excluding hydrogens is 332 g/mol. The maximum absolute atomic E-state index is 12.3. The van der Waals surface area contributed by atoms with Crippen molar-refractivity contribution in [3.63, 3.8) is 0 Å². The van der Waals surface area contributed by atoms with Gasteiger partial charge in [0.2, 0.25) is 0 Å². The SMILES string of the molecule is COc1cc2cc(CNC(=O)c3cccc(C)c3)c(=O)[nH]c2cc1OC. The van der Waals surface area contributed by atoms with Gasteiger partial charge in [0.25, 0.3) is 11.5 Å². The van der Waals surface area contributed by atoms with Crippen molar-refractivity contribution in [3.05, 3.63) is 69.5 Å². The Labute approximate surface area is 150 Å². The fraction of sp³-hybridized carbons (Fsp3) is 0.200. The first-order valence-electron chi connectivity index (χ1n) is 8.14. The molecule has 1 amide bonds. The van der Waals surface area contributed by atoms with Crippen molar-refractivity contribution < 1.29 is 14.3 Å². The average molecular weight is 352 g/mol. The van der Waals surface area contributed by atoms with Crippen molar-refractivity contribution in [2.45, 2.75) is 13.5 Å². The van der Waals surface area contributed by atoms with Gasteiger partial charge >= 0.3 is 0 Å². The predicted octanol–water partition coefficient (Wildman–Crippen LogP) is 2.78. The van der Waals surface area contributed by atoms with E-state index in [2.05, 4.69) is 10.3 Å². The number of pyridine rings is 1. The summed E-state index contributed by atoms with van der Waals surface area (Å²) in [5, 5.41) is 3.58. The van der Waals surface area contributed by atoms with E-state index in [1.165, 1.54) is 7.11 Å². The minimum absolute atomic E-state index is 0.131. The summed E-state index contributed by atoms with van der Waals surface area (Å²) in [6, 6.07) is 12.5. The smallest absolute Gasteiger partial charge is 0.253 e. The first kappa shape index (κ1) is 17.5. The van der Waals surface area contributed by atoms with Gasteiger partial charge in [0.1, 0.15) is 0 Å². The number of methoxy groups -OCH3 is 2. The molecule has 0 atom stereocenters. The molecule has 6 heteroatoms. The van der Waals surface area contributed by atoms with E-state index in [0.717, 1.165) is 10.9 Å². The van der Waals surface area contributed by atoms with E-state index in [1.54, 1.807) is 37.4 Å². The summed E-state index contributed by atoms with van der Waals surface area (Å²) >= 11 is 0. The number of carbonyl (C=O) groups excluding carboxylic acids is 1. The summed E-state index contributed by atoms with van der Waals surface area (Å²) in [4.78, 5) is 27.4. The third kappa shape index (κ3) is 3.54. The summed E-state index contributed by atoms with van der Waals surface area (Å²) in [5.74, 6) is 0.887. The number of ether oxygens (including phenoxy) is 2. The zero-order valence-electron chi connectivity index (χ0n) is 14.9. The third-order valence-electron chi connectivity index (χ3n) is 4.14.